The molecule has 5 nitrogen and oxygen atoms in total. The molecule has 0 unspecified atom stereocenters. The van der Waals surface area contributed by atoms with Crippen molar-refractivity contribution >= 4 is 29.1 Å². The molecule has 2 N–H and O–H groups in total. The Morgan fingerprint density at radius 2 is 1.50 bits per heavy atom. The lowest BCUT2D eigenvalue weighted by Gasteiger charge is -2.27. The van der Waals surface area contributed by atoms with Gasteiger partial charge in [-0.05, 0) is 67.6 Å². The minimum absolute atomic E-state index is 0.0166. The Hall–Kier alpha value is -2.40. The van der Waals surface area contributed by atoms with Gasteiger partial charge in [0.05, 0.1) is 0 Å². The Morgan fingerprint density at radius 3 is 2.12 bits per heavy atom. The highest BCUT2D eigenvalue weighted by atomic mass is 35.5. The number of anilines is 1. The van der Waals surface area contributed by atoms with Crippen LogP contribution in [0.2, 0.25) is 5.02 Å². The van der Waals surface area contributed by atoms with Crippen molar-refractivity contribution in [2.24, 2.45) is 11.8 Å². The number of carbonyl (C=O) groups is 2. The summed E-state index contributed by atoms with van der Waals surface area (Å²) >= 11 is 5.85. The lowest BCUT2D eigenvalue weighted by molar-refractivity contribution is -0.128. The average Bonchev–Trinajstić information content (AvgIpc) is 2.69. The zero-order chi connectivity index (χ0) is 18.4. The first-order chi connectivity index (χ1) is 12.6. The van der Waals surface area contributed by atoms with E-state index >= 15 is 0 Å². The van der Waals surface area contributed by atoms with Gasteiger partial charge in [0.1, 0.15) is 0 Å². The zero-order valence-electron chi connectivity index (χ0n) is 14.5. The SMILES string of the molecule is O=C(NCc1ccncc1)C1CCC(C(=O)Nc2ccc(Cl)cc2)CC1. The summed E-state index contributed by atoms with van der Waals surface area (Å²) in [5.41, 5.74) is 1.78. The van der Waals surface area contributed by atoms with E-state index in [4.69, 9.17) is 11.6 Å². The first kappa shape index (κ1) is 18.4. The van der Waals surface area contributed by atoms with E-state index in [1.807, 2.05) is 12.1 Å². The summed E-state index contributed by atoms with van der Waals surface area (Å²) in [4.78, 5) is 28.7. The molecule has 1 fully saturated rings. The van der Waals surface area contributed by atoms with Crippen molar-refractivity contribution in [1.82, 2.24) is 10.3 Å². The zero-order valence-corrected chi connectivity index (χ0v) is 15.2. The number of halogens is 1. The molecule has 1 aliphatic carbocycles. The number of hydrogen-bond donors (Lipinski definition) is 2. The molecule has 2 amide bonds. The summed E-state index contributed by atoms with van der Waals surface area (Å²) < 4.78 is 0. The van der Waals surface area contributed by atoms with Crippen LogP contribution < -0.4 is 10.6 Å². The lowest BCUT2D eigenvalue weighted by Crippen LogP contribution is -2.35. The maximum Gasteiger partial charge on any atom is 0.227 e. The van der Waals surface area contributed by atoms with Gasteiger partial charge in [0.2, 0.25) is 11.8 Å². The van der Waals surface area contributed by atoms with Gasteiger partial charge in [-0.3, -0.25) is 14.6 Å². The Bertz CT molecular complexity index is 741. The molecule has 2 aromatic rings. The van der Waals surface area contributed by atoms with Crippen LogP contribution in [-0.2, 0) is 16.1 Å². The summed E-state index contributed by atoms with van der Waals surface area (Å²) in [6, 6.07) is 10.9. The highest BCUT2D eigenvalue weighted by Gasteiger charge is 2.29. The van der Waals surface area contributed by atoms with Gasteiger partial charge in [-0.1, -0.05) is 11.6 Å². The molecule has 1 aromatic heterocycles. The van der Waals surface area contributed by atoms with E-state index in [1.54, 1.807) is 36.7 Å². The van der Waals surface area contributed by atoms with Crippen molar-refractivity contribution in [3.05, 3.63) is 59.4 Å². The third-order valence-corrected chi connectivity index (χ3v) is 5.05. The van der Waals surface area contributed by atoms with E-state index in [1.165, 1.54) is 0 Å². The predicted molar refractivity (Wildman–Crippen MR) is 102 cm³/mol. The van der Waals surface area contributed by atoms with Crippen LogP contribution in [0.25, 0.3) is 0 Å². The van der Waals surface area contributed by atoms with Gasteiger partial charge in [-0.2, -0.15) is 0 Å². The molecule has 3 rings (SSSR count). The van der Waals surface area contributed by atoms with Gasteiger partial charge in [0.15, 0.2) is 0 Å². The monoisotopic (exact) mass is 371 g/mol. The van der Waals surface area contributed by atoms with Crippen molar-refractivity contribution in [1.29, 1.82) is 0 Å². The molecule has 6 heteroatoms. The fourth-order valence-electron chi connectivity index (χ4n) is 3.23. The average molecular weight is 372 g/mol. The van der Waals surface area contributed by atoms with E-state index in [0.29, 0.717) is 11.6 Å². The first-order valence-electron chi connectivity index (χ1n) is 8.85. The van der Waals surface area contributed by atoms with Gasteiger partial charge in [-0.25, -0.2) is 0 Å². The number of nitrogens with one attached hydrogen (secondary N) is 2. The van der Waals surface area contributed by atoms with Gasteiger partial charge < -0.3 is 10.6 Å². The molecule has 0 radical (unpaired) electrons. The highest BCUT2D eigenvalue weighted by Crippen LogP contribution is 2.30. The summed E-state index contributed by atoms with van der Waals surface area (Å²) in [5.74, 6) is 0.0210. The third-order valence-electron chi connectivity index (χ3n) is 4.80. The second-order valence-electron chi connectivity index (χ2n) is 6.62. The number of pyridine rings is 1. The lowest BCUT2D eigenvalue weighted by atomic mass is 9.81. The van der Waals surface area contributed by atoms with Gasteiger partial charge in [0, 0.05) is 41.5 Å². The van der Waals surface area contributed by atoms with Crippen LogP contribution in [0.3, 0.4) is 0 Å². The Morgan fingerprint density at radius 1 is 0.923 bits per heavy atom. The molecule has 0 spiro atoms. The molecular weight excluding hydrogens is 350 g/mol. The van der Waals surface area contributed by atoms with Gasteiger partial charge >= 0.3 is 0 Å². The van der Waals surface area contributed by atoms with Crippen LogP contribution in [0, 0.1) is 11.8 Å². The van der Waals surface area contributed by atoms with Gasteiger partial charge in [0.25, 0.3) is 0 Å². The van der Waals surface area contributed by atoms with Crippen LogP contribution in [0.4, 0.5) is 5.69 Å². The van der Waals surface area contributed by atoms with Crippen molar-refractivity contribution in [3.8, 4) is 0 Å². The van der Waals surface area contributed by atoms with E-state index < -0.39 is 0 Å². The Kier molecular flexibility index (Phi) is 6.23. The van der Waals surface area contributed by atoms with E-state index in [-0.39, 0.29) is 23.7 Å². The molecule has 1 aliphatic rings. The second kappa shape index (κ2) is 8.81. The fraction of sp³-hybridized carbons (Fsp3) is 0.350. The van der Waals surface area contributed by atoms with E-state index in [9.17, 15) is 9.59 Å². The van der Waals surface area contributed by atoms with Crippen molar-refractivity contribution in [2.75, 3.05) is 5.32 Å². The summed E-state index contributed by atoms with van der Waals surface area (Å²) in [6.07, 6.45) is 6.36. The van der Waals surface area contributed by atoms with Crippen LogP contribution in [-0.4, -0.2) is 16.8 Å². The van der Waals surface area contributed by atoms with Crippen LogP contribution in [0.5, 0.6) is 0 Å². The second-order valence-corrected chi connectivity index (χ2v) is 7.05. The molecule has 0 atom stereocenters. The maximum atomic E-state index is 12.4. The largest absolute Gasteiger partial charge is 0.352 e. The normalized spacial score (nSPS) is 19.6. The molecule has 0 bridgehead atoms. The van der Waals surface area contributed by atoms with Crippen LogP contribution in [0.15, 0.2) is 48.8 Å². The Labute approximate surface area is 158 Å². The number of aromatic nitrogens is 1. The smallest absolute Gasteiger partial charge is 0.227 e. The van der Waals surface area contributed by atoms with Crippen molar-refractivity contribution in [2.45, 2.75) is 32.2 Å². The topological polar surface area (TPSA) is 71.1 Å². The summed E-state index contributed by atoms with van der Waals surface area (Å²) in [7, 11) is 0. The molecule has 1 saturated carbocycles. The van der Waals surface area contributed by atoms with Gasteiger partial charge in [-0.15, -0.1) is 0 Å². The molecule has 0 aliphatic heterocycles. The summed E-state index contributed by atoms with van der Waals surface area (Å²) in [6.45, 7) is 0.512. The molecule has 1 aromatic carbocycles. The molecule has 26 heavy (non-hydrogen) atoms. The van der Waals surface area contributed by atoms with Crippen molar-refractivity contribution in [3.63, 3.8) is 0 Å². The fourth-order valence-corrected chi connectivity index (χ4v) is 3.36. The number of rotatable bonds is 5. The van der Waals surface area contributed by atoms with Crippen LogP contribution in [0.1, 0.15) is 31.2 Å². The molecule has 0 saturated heterocycles. The number of benzene rings is 1. The third kappa shape index (κ3) is 5.05. The Balaban J connectivity index is 1.43. The number of amides is 2. The van der Waals surface area contributed by atoms with Crippen LogP contribution >= 0.6 is 11.6 Å². The quantitative estimate of drug-likeness (QED) is 0.839. The molecule has 136 valence electrons. The number of carbonyl (C=O) groups excluding carboxylic acids is 2. The first-order valence-corrected chi connectivity index (χ1v) is 9.22. The standard InChI is InChI=1S/C20H22ClN3O2/c21-17-5-7-18(8-6-17)24-20(26)16-3-1-15(2-4-16)19(25)23-13-14-9-11-22-12-10-14/h5-12,15-16H,1-4,13H2,(H,23,25)(H,24,26). The number of hydrogen-bond acceptors (Lipinski definition) is 3. The summed E-state index contributed by atoms with van der Waals surface area (Å²) in [5, 5.41) is 6.54. The minimum Gasteiger partial charge on any atom is -0.352 e. The maximum absolute atomic E-state index is 12.4. The highest BCUT2D eigenvalue weighted by molar-refractivity contribution is 6.30. The minimum atomic E-state index is -0.0464. The molecular formula is C20H22ClN3O2. The molecule has 1 heterocycles. The predicted octanol–water partition coefficient (Wildman–Crippen LogP) is 3.80. The van der Waals surface area contributed by atoms with E-state index in [2.05, 4.69) is 15.6 Å². The number of nitrogens with zero attached hydrogens (tertiary/aromatic N) is 1. The van der Waals surface area contributed by atoms with Crippen molar-refractivity contribution < 1.29 is 9.59 Å². The van der Waals surface area contributed by atoms with E-state index in [0.717, 1.165) is 36.9 Å².